The van der Waals surface area contributed by atoms with Crippen LogP contribution < -0.4 is 4.74 Å². The third kappa shape index (κ3) is 4.72. The van der Waals surface area contributed by atoms with Crippen molar-refractivity contribution >= 4 is 32.7 Å². The Morgan fingerprint density at radius 3 is 2.41 bits per heavy atom. The Bertz CT molecular complexity index is 1660. The van der Waals surface area contributed by atoms with Gasteiger partial charge in [-0.1, -0.05) is 40.2 Å². The molecule has 0 saturated carbocycles. The normalized spacial score (nSPS) is 11.2. The van der Waals surface area contributed by atoms with Crippen LogP contribution in [-0.4, -0.2) is 15.6 Å². The summed E-state index contributed by atoms with van der Waals surface area (Å²) in [6, 6.07) is 20.9. The number of aromatic carboxylic acids is 1. The largest absolute Gasteiger partial charge is 0.488 e. The van der Waals surface area contributed by atoms with Crippen LogP contribution >= 0.6 is 15.9 Å². The van der Waals surface area contributed by atoms with E-state index >= 15 is 0 Å². The molecule has 0 saturated heterocycles. The molecule has 4 nitrogen and oxygen atoms in total. The molecule has 0 radical (unpaired) electrons. The number of halogens is 4. The van der Waals surface area contributed by atoms with Gasteiger partial charge in [-0.15, -0.1) is 0 Å². The van der Waals surface area contributed by atoms with Gasteiger partial charge in [0.2, 0.25) is 0 Å². The molecule has 37 heavy (non-hydrogen) atoms. The lowest BCUT2D eigenvalue weighted by atomic mass is 10.0. The molecule has 0 amide bonds. The van der Waals surface area contributed by atoms with E-state index in [0.29, 0.717) is 40.2 Å². The van der Waals surface area contributed by atoms with Gasteiger partial charge in [0.1, 0.15) is 29.8 Å². The highest BCUT2D eigenvalue weighted by molar-refractivity contribution is 9.10. The van der Waals surface area contributed by atoms with Gasteiger partial charge in [0, 0.05) is 33.6 Å². The minimum Gasteiger partial charge on any atom is -0.488 e. The molecule has 5 rings (SSSR count). The maximum Gasteiger partial charge on any atom is 0.336 e. The molecule has 1 N–H and O–H groups in total. The zero-order chi connectivity index (χ0) is 26.3. The van der Waals surface area contributed by atoms with E-state index in [1.807, 2.05) is 41.8 Å². The maximum absolute atomic E-state index is 14.2. The summed E-state index contributed by atoms with van der Waals surface area (Å²) in [5.41, 5.74) is 2.54. The number of hydrogen-bond donors (Lipinski definition) is 1. The summed E-state index contributed by atoms with van der Waals surface area (Å²) < 4.78 is 50.2. The Labute approximate surface area is 218 Å². The Balaban J connectivity index is 1.62. The Hall–Kier alpha value is -4.04. The van der Waals surface area contributed by atoms with Crippen molar-refractivity contribution in [1.82, 2.24) is 4.57 Å². The topological polar surface area (TPSA) is 51.5 Å². The molecule has 0 spiro atoms. The van der Waals surface area contributed by atoms with Crippen molar-refractivity contribution in [3.8, 4) is 22.7 Å². The van der Waals surface area contributed by atoms with Crippen molar-refractivity contribution in [2.75, 3.05) is 0 Å². The van der Waals surface area contributed by atoms with Gasteiger partial charge in [0.15, 0.2) is 0 Å². The molecule has 0 aliphatic heterocycles. The van der Waals surface area contributed by atoms with Gasteiger partial charge in [-0.25, -0.2) is 18.0 Å². The predicted octanol–water partition coefficient (Wildman–Crippen LogP) is 8.06. The average molecular weight is 566 g/mol. The number of hydrogen-bond acceptors (Lipinski definition) is 2. The van der Waals surface area contributed by atoms with Gasteiger partial charge in [0.25, 0.3) is 0 Å². The number of aryl methyl sites for hydroxylation is 1. The molecule has 0 bridgehead atoms. The lowest BCUT2D eigenvalue weighted by Crippen LogP contribution is -2.06. The molecule has 8 heteroatoms. The van der Waals surface area contributed by atoms with Crippen molar-refractivity contribution in [1.29, 1.82) is 0 Å². The number of carboxylic acid groups (broad SMARTS) is 1. The molecule has 0 unspecified atom stereocenters. The highest BCUT2D eigenvalue weighted by Crippen LogP contribution is 2.37. The van der Waals surface area contributed by atoms with Crippen LogP contribution in [0.4, 0.5) is 13.2 Å². The van der Waals surface area contributed by atoms with Crippen molar-refractivity contribution in [2.24, 2.45) is 0 Å². The molecule has 0 aliphatic rings. The van der Waals surface area contributed by atoms with Gasteiger partial charge in [-0.2, -0.15) is 0 Å². The summed E-state index contributed by atoms with van der Waals surface area (Å²) in [4.78, 5) is 12.1. The van der Waals surface area contributed by atoms with Gasteiger partial charge in [-0.05, 0) is 60.2 Å². The lowest BCUT2D eigenvalue weighted by molar-refractivity contribution is 0.0699. The van der Waals surface area contributed by atoms with Crippen LogP contribution in [0.3, 0.4) is 0 Å². The van der Waals surface area contributed by atoms with Crippen molar-refractivity contribution < 1.29 is 27.8 Å². The first-order valence-corrected chi connectivity index (χ1v) is 12.0. The fourth-order valence-corrected chi connectivity index (χ4v) is 4.74. The molecular weight excluding hydrogens is 547 g/mol. The molecule has 5 aromatic rings. The summed E-state index contributed by atoms with van der Waals surface area (Å²) in [5, 5.41) is 11.3. The zero-order valence-electron chi connectivity index (χ0n) is 19.4. The molecular formula is C29H19BrF3NO3. The summed E-state index contributed by atoms with van der Waals surface area (Å²) in [5.74, 6) is -3.78. The van der Waals surface area contributed by atoms with Crippen LogP contribution in [0, 0.1) is 24.4 Å². The second kappa shape index (κ2) is 9.78. The van der Waals surface area contributed by atoms with E-state index in [0.717, 1.165) is 15.6 Å². The fourth-order valence-electron chi connectivity index (χ4n) is 4.38. The first-order chi connectivity index (χ1) is 17.7. The highest BCUT2D eigenvalue weighted by atomic mass is 79.9. The first kappa shape index (κ1) is 24.6. The van der Waals surface area contributed by atoms with E-state index in [1.54, 1.807) is 36.4 Å². The Morgan fingerprint density at radius 1 is 0.946 bits per heavy atom. The number of nitrogens with zero attached hydrogens (tertiary/aromatic N) is 1. The minimum atomic E-state index is -1.04. The van der Waals surface area contributed by atoms with Gasteiger partial charge in [0.05, 0.1) is 16.8 Å². The minimum absolute atomic E-state index is 0.167. The molecule has 0 atom stereocenters. The van der Waals surface area contributed by atoms with Crippen LogP contribution in [0.2, 0.25) is 0 Å². The number of ether oxygens (including phenoxy) is 1. The summed E-state index contributed by atoms with van der Waals surface area (Å²) in [6.45, 7) is 1.44. The smallest absolute Gasteiger partial charge is 0.336 e. The molecule has 1 aromatic heterocycles. The quantitative estimate of drug-likeness (QED) is 0.226. The number of benzene rings is 4. The summed E-state index contributed by atoms with van der Waals surface area (Å²) in [6.07, 6.45) is 0. The Kier molecular flexibility index (Phi) is 6.52. The van der Waals surface area contributed by atoms with E-state index in [4.69, 9.17) is 4.74 Å². The van der Waals surface area contributed by atoms with E-state index < -0.39 is 30.0 Å². The van der Waals surface area contributed by atoms with E-state index in [9.17, 15) is 23.1 Å². The molecule has 186 valence electrons. The third-order valence-corrected chi connectivity index (χ3v) is 6.60. The number of rotatable bonds is 6. The monoisotopic (exact) mass is 565 g/mol. The zero-order valence-corrected chi connectivity index (χ0v) is 21.0. The van der Waals surface area contributed by atoms with Crippen LogP contribution in [-0.2, 0) is 6.61 Å². The molecule has 4 aromatic carbocycles. The van der Waals surface area contributed by atoms with E-state index in [1.165, 1.54) is 0 Å². The summed E-state index contributed by atoms with van der Waals surface area (Å²) >= 11 is 3.47. The van der Waals surface area contributed by atoms with Gasteiger partial charge in [-0.3, -0.25) is 0 Å². The maximum atomic E-state index is 14.2. The number of aromatic nitrogens is 1. The lowest BCUT2D eigenvalue weighted by Gasteiger charge is -2.18. The molecule has 1 heterocycles. The first-order valence-electron chi connectivity index (χ1n) is 11.2. The van der Waals surface area contributed by atoms with Crippen LogP contribution in [0.1, 0.15) is 21.6 Å². The number of carboxylic acids is 1. The van der Waals surface area contributed by atoms with Gasteiger partial charge >= 0.3 is 5.97 Å². The fraction of sp³-hybridized carbons (Fsp3) is 0.0690. The Morgan fingerprint density at radius 2 is 1.68 bits per heavy atom. The van der Waals surface area contributed by atoms with Crippen LogP contribution in [0.15, 0.2) is 83.3 Å². The molecule has 0 aliphatic carbocycles. The van der Waals surface area contributed by atoms with Crippen LogP contribution in [0.25, 0.3) is 27.7 Å². The average Bonchev–Trinajstić information content (AvgIpc) is 3.24. The van der Waals surface area contributed by atoms with Crippen LogP contribution in [0.5, 0.6) is 5.75 Å². The van der Waals surface area contributed by atoms with E-state index in [-0.39, 0.29) is 11.1 Å². The predicted molar refractivity (Wildman–Crippen MR) is 139 cm³/mol. The standard InChI is InChI=1S/C29H19BrF3NO3/c1-16-6-8-27(34(16)20-10-17-4-2-3-5-21(17)22(14-20)29(35)36)23-11-18(30)7-9-28(23)37-15-24-25(32)12-19(31)13-26(24)33/h2-14H,15H2,1H3,(H,35,36). The third-order valence-electron chi connectivity index (χ3n) is 6.11. The SMILES string of the molecule is Cc1ccc(-c2cc(Br)ccc2OCc2c(F)cc(F)cc2F)n1-c1cc(C(=O)O)c2ccccc2c1. The van der Waals surface area contributed by atoms with Crippen molar-refractivity contribution in [3.05, 3.63) is 118 Å². The molecule has 0 fully saturated rings. The van der Waals surface area contributed by atoms with Gasteiger partial charge < -0.3 is 14.4 Å². The second-order valence-electron chi connectivity index (χ2n) is 8.49. The van der Waals surface area contributed by atoms with Crippen molar-refractivity contribution in [3.63, 3.8) is 0 Å². The van der Waals surface area contributed by atoms with E-state index in [2.05, 4.69) is 15.9 Å². The second-order valence-corrected chi connectivity index (χ2v) is 9.41. The van der Waals surface area contributed by atoms with Crippen molar-refractivity contribution in [2.45, 2.75) is 13.5 Å². The number of carbonyl (C=O) groups is 1. The highest BCUT2D eigenvalue weighted by Gasteiger charge is 2.19. The number of fused-ring (bicyclic) bond motifs is 1. The summed E-state index contributed by atoms with van der Waals surface area (Å²) in [7, 11) is 0.